The fourth-order valence-electron chi connectivity index (χ4n) is 4.24. The summed E-state index contributed by atoms with van der Waals surface area (Å²) in [4.78, 5) is 0. The van der Waals surface area contributed by atoms with Crippen molar-refractivity contribution in [3.8, 4) is 0 Å². The van der Waals surface area contributed by atoms with Crippen molar-refractivity contribution >= 4 is 0 Å². The van der Waals surface area contributed by atoms with Crippen LogP contribution in [-0.4, -0.2) is 13.1 Å². The van der Waals surface area contributed by atoms with Crippen LogP contribution < -0.4 is 5.31 Å². The van der Waals surface area contributed by atoms with Crippen LogP contribution in [0.1, 0.15) is 168 Å². The molecule has 0 aliphatic rings. The van der Waals surface area contributed by atoms with Gasteiger partial charge in [-0.2, -0.15) is 0 Å². The van der Waals surface area contributed by atoms with Crippen molar-refractivity contribution in [3.05, 3.63) is 0 Å². The fourth-order valence-corrected chi connectivity index (χ4v) is 4.24. The Kier molecular flexibility index (Phi) is 26.0. The van der Waals surface area contributed by atoms with Gasteiger partial charge in [-0.3, -0.25) is 0 Å². The zero-order valence-corrected chi connectivity index (χ0v) is 20.8. The summed E-state index contributed by atoms with van der Waals surface area (Å²) < 4.78 is 8.09. The van der Waals surface area contributed by atoms with Crippen LogP contribution in [0.2, 0.25) is 1.41 Å². The Balaban J connectivity index is 3.13. The molecule has 0 aromatic carbocycles. The van der Waals surface area contributed by atoms with Gasteiger partial charge < -0.3 is 5.31 Å². The molecule has 0 heterocycles. The quantitative estimate of drug-likeness (QED) is 0.140. The average molecular weight is 411 g/mol. The van der Waals surface area contributed by atoms with Crippen molar-refractivity contribution in [2.24, 2.45) is 0 Å². The lowest BCUT2D eigenvalue weighted by Gasteiger charge is -2.06. The zero-order chi connectivity index (χ0) is 22.0. The second-order valence-corrected chi connectivity index (χ2v) is 9.45. The highest BCUT2D eigenvalue weighted by Gasteiger charge is 1.95. The van der Waals surface area contributed by atoms with Crippen molar-refractivity contribution in [1.29, 1.82) is 0 Å². The second-order valence-electron chi connectivity index (χ2n) is 9.45. The summed E-state index contributed by atoms with van der Waals surface area (Å²) in [5.74, 6) is 0. The third kappa shape index (κ3) is 28.0. The van der Waals surface area contributed by atoms with Gasteiger partial charge >= 0.3 is 0 Å². The van der Waals surface area contributed by atoms with Gasteiger partial charge in [0.15, 0.2) is 0 Å². The zero-order valence-electron chi connectivity index (χ0n) is 21.8. The van der Waals surface area contributed by atoms with Gasteiger partial charge in [-0.05, 0) is 25.9 Å². The minimum absolute atomic E-state index is 0.982. The van der Waals surface area contributed by atoms with E-state index >= 15 is 0 Å². The van der Waals surface area contributed by atoms with Crippen molar-refractivity contribution in [1.82, 2.24) is 5.31 Å². The van der Waals surface area contributed by atoms with Crippen LogP contribution in [0.25, 0.3) is 0 Å². The van der Waals surface area contributed by atoms with Gasteiger partial charge in [0.25, 0.3) is 0 Å². The Labute approximate surface area is 188 Å². The van der Waals surface area contributed by atoms with E-state index < -0.39 is 0 Å². The van der Waals surface area contributed by atoms with Gasteiger partial charge in [-0.1, -0.05) is 155 Å². The molecule has 0 aliphatic heterocycles. The van der Waals surface area contributed by atoms with E-state index in [0.29, 0.717) is 0 Å². The topological polar surface area (TPSA) is 12.0 Å². The highest BCUT2D eigenvalue weighted by Crippen LogP contribution is 2.13. The molecule has 0 saturated carbocycles. The molecule has 0 aromatic heterocycles. The summed E-state index contributed by atoms with van der Waals surface area (Å²) in [6.07, 6.45) is 33.5. The monoisotopic (exact) mass is 410 g/mol. The minimum atomic E-state index is 0.982. The van der Waals surface area contributed by atoms with Crippen molar-refractivity contribution in [2.75, 3.05) is 13.1 Å². The molecule has 0 aromatic rings. The first-order valence-electron chi connectivity index (χ1n) is 14.5. The molecule has 0 unspecified atom stereocenters. The number of unbranched alkanes of at least 4 members (excludes halogenated alkanes) is 22. The minimum Gasteiger partial charge on any atom is -0.317 e. The standard InChI is InChI=1S/C28H59N/c1-3-5-7-9-11-13-15-17-19-21-23-25-27-29-28-26-24-22-20-18-16-14-12-10-8-6-4-2/h29H,3-28H2,1-2H3/i/hD. The largest absolute Gasteiger partial charge is 0.317 e. The molecular formula is C28H59N. The Morgan fingerprint density at radius 3 is 0.793 bits per heavy atom. The molecule has 0 amide bonds. The van der Waals surface area contributed by atoms with Gasteiger partial charge in [0.1, 0.15) is 1.41 Å². The maximum Gasteiger partial charge on any atom is 0.122 e. The molecule has 0 fully saturated rings. The van der Waals surface area contributed by atoms with Gasteiger partial charge in [0.05, 0.1) is 0 Å². The molecule has 0 spiro atoms. The van der Waals surface area contributed by atoms with E-state index in [1.165, 1.54) is 154 Å². The van der Waals surface area contributed by atoms with Crippen LogP contribution in [0.3, 0.4) is 0 Å². The highest BCUT2D eigenvalue weighted by molar-refractivity contribution is 4.53. The number of hydrogen-bond donors (Lipinski definition) is 1. The van der Waals surface area contributed by atoms with Gasteiger partial charge in [0.2, 0.25) is 0 Å². The number of nitrogens with one attached hydrogen (secondary N) is 1. The van der Waals surface area contributed by atoms with Crippen molar-refractivity contribution < 1.29 is 1.41 Å². The first kappa shape index (κ1) is 27.0. The summed E-state index contributed by atoms with van der Waals surface area (Å²) in [5.41, 5.74) is 0. The Bertz CT molecular complexity index is 266. The Morgan fingerprint density at radius 2 is 0.552 bits per heavy atom. The second kappa shape index (κ2) is 28.0. The lowest BCUT2D eigenvalue weighted by Crippen LogP contribution is -2.16. The molecule has 1 N–H and O–H groups in total. The first-order chi connectivity index (χ1) is 14.8. The van der Waals surface area contributed by atoms with Gasteiger partial charge in [0, 0.05) is 0 Å². The van der Waals surface area contributed by atoms with E-state index in [-0.39, 0.29) is 0 Å². The SMILES string of the molecule is [2H]N(CCCCCCCCCCCCCC)CCCCCCCCCCCCCC. The van der Waals surface area contributed by atoms with E-state index in [9.17, 15) is 0 Å². The maximum absolute atomic E-state index is 8.09. The first-order valence-corrected chi connectivity index (χ1v) is 14.0. The molecule has 0 atom stereocenters. The van der Waals surface area contributed by atoms with Crippen molar-refractivity contribution in [2.45, 2.75) is 168 Å². The third-order valence-corrected chi connectivity index (χ3v) is 6.34. The normalized spacial score (nSPS) is 12.0. The van der Waals surface area contributed by atoms with Crippen LogP contribution in [-0.2, 0) is 0 Å². The molecule has 0 bridgehead atoms. The summed E-state index contributed by atoms with van der Waals surface area (Å²) in [6.45, 7) is 6.55. The predicted octanol–water partition coefficient (Wildman–Crippen LogP) is 9.98. The molecule has 0 aliphatic carbocycles. The predicted molar refractivity (Wildman–Crippen MR) is 135 cm³/mol. The van der Waals surface area contributed by atoms with E-state index in [0.717, 1.165) is 13.1 Å². The Hall–Kier alpha value is -0.0400. The summed E-state index contributed by atoms with van der Waals surface area (Å²) in [5, 5.41) is 1.83. The molecule has 1 heteroatoms. The van der Waals surface area contributed by atoms with Gasteiger partial charge in [-0.15, -0.1) is 0 Å². The van der Waals surface area contributed by atoms with Crippen LogP contribution in [0.15, 0.2) is 0 Å². The molecule has 0 rings (SSSR count). The third-order valence-electron chi connectivity index (χ3n) is 6.34. The summed E-state index contributed by atoms with van der Waals surface area (Å²) in [7, 11) is 0. The van der Waals surface area contributed by atoms with E-state index in [4.69, 9.17) is 1.41 Å². The molecule has 0 radical (unpaired) electrons. The fraction of sp³-hybridized carbons (Fsp3) is 1.00. The average Bonchev–Trinajstić information content (AvgIpc) is 2.75. The van der Waals surface area contributed by atoms with E-state index in [1.807, 2.05) is 5.31 Å². The smallest absolute Gasteiger partial charge is 0.122 e. The Morgan fingerprint density at radius 1 is 0.345 bits per heavy atom. The van der Waals surface area contributed by atoms with Crippen LogP contribution >= 0.6 is 0 Å². The van der Waals surface area contributed by atoms with Crippen molar-refractivity contribution in [3.63, 3.8) is 0 Å². The maximum atomic E-state index is 8.09. The summed E-state index contributed by atoms with van der Waals surface area (Å²) >= 11 is 0. The number of rotatable bonds is 26. The molecule has 29 heavy (non-hydrogen) atoms. The summed E-state index contributed by atoms with van der Waals surface area (Å²) in [6, 6.07) is 0. The molecule has 1 nitrogen and oxygen atoms in total. The van der Waals surface area contributed by atoms with E-state index in [1.54, 1.807) is 0 Å². The molecule has 0 saturated heterocycles. The van der Waals surface area contributed by atoms with Crippen LogP contribution in [0, 0.1) is 0 Å². The molecular weight excluding hydrogens is 350 g/mol. The van der Waals surface area contributed by atoms with Crippen LogP contribution in [0.5, 0.6) is 0 Å². The van der Waals surface area contributed by atoms with Gasteiger partial charge in [-0.25, -0.2) is 0 Å². The highest BCUT2D eigenvalue weighted by atomic mass is 14.8. The number of hydrogen-bond acceptors (Lipinski definition) is 1. The van der Waals surface area contributed by atoms with Crippen LogP contribution in [0.4, 0.5) is 0 Å². The lowest BCUT2D eigenvalue weighted by molar-refractivity contribution is 0.521. The lowest BCUT2D eigenvalue weighted by atomic mass is 10.1. The van der Waals surface area contributed by atoms with E-state index in [2.05, 4.69) is 13.8 Å². The molecule has 176 valence electrons.